The molecule has 18 heavy (non-hydrogen) atoms. The zero-order valence-electron chi connectivity index (χ0n) is 11.1. The van der Waals surface area contributed by atoms with Crippen molar-refractivity contribution in [3.63, 3.8) is 0 Å². The predicted molar refractivity (Wildman–Crippen MR) is 77.7 cm³/mol. The lowest BCUT2D eigenvalue weighted by Gasteiger charge is -2.25. The fourth-order valence-corrected chi connectivity index (χ4v) is 3.00. The first kappa shape index (κ1) is 11.7. The van der Waals surface area contributed by atoms with E-state index in [1.54, 1.807) is 0 Å². The normalized spacial score (nSPS) is 18.3. The lowest BCUT2D eigenvalue weighted by molar-refractivity contribution is 0.363. The molecule has 2 aromatic carbocycles. The molecule has 1 saturated carbocycles. The van der Waals surface area contributed by atoms with E-state index in [4.69, 9.17) is 0 Å². The van der Waals surface area contributed by atoms with Gasteiger partial charge in [0.15, 0.2) is 0 Å². The second-order valence-corrected chi connectivity index (χ2v) is 5.80. The monoisotopic (exact) mass is 239 g/mol. The maximum absolute atomic E-state index is 3.74. The maximum Gasteiger partial charge on any atom is 0.0210 e. The highest BCUT2D eigenvalue weighted by Crippen LogP contribution is 2.29. The van der Waals surface area contributed by atoms with Crippen LogP contribution in [0, 0.1) is 0 Å². The second kappa shape index (κ2) is 4.74. The summed E-state index contributed by atoms with van der Waals surface area (Å²) in [5, 5.41) is 6.41. The maximum atomic E-state index is 3.74. The van der Waals surface area contributed by atoms with E-state index < -0.39 is 0 Å². The van der Waals surface area contributed by atoms with Gasteiger partial charge in [-0.15, -0.1) is 0 Å². The molecule has 1 N–H and O–H groups in total. The predicted octanol–water partition coefficient (Wildman–Crippen LogP) is 4.26. The van der Waals surface area contributed by atoms with E-state index in [2.05, 4.69) is 54.7 Å². The molecule has 3 rings (SSSR count). The van der Waals surface area contributed by atoms with Crippen LogP contribution in [0.1, 0.15) is 38.2 Å². The Balaban J connectivity index is 1.74. The summed E-state index contributed by atoms with van der Waals surface area (Å²) in [7, 11) is 0. The quantitative estimate of drug-likeness (QED) is 0.843. The van der Waals surface area contributed by atoms with Crippen LogP contribution in [-0.2, 0) is 6.54 Å². The molecule has 0 heterocycles. The summed E-state index contributed by atoms with van der Waals surface area (Å²) in [6, 6.07) is 15.3. The van der Waals surface area contributed by atoms with Crippen LogP contribution in [-0.4, -0.2) is 5.54 Å². The molecule has 1 aliphatic rings. The van der Waals surface area contributed by atoms with Gasteiger partial charge in [0.2, 0.25) is 0 Å². The van der Waals surface area contributed by atoms with E-state index in [1.165, 1.54) is 42.0 Å². The van der Waals surface area contributed by atoms with Crippen LogP contribution in [0.25, 0.3) is 10.8 Å². The van der Waals surface area contributed by atoms with Crippen molar-refractivity contribution in [2.45, 2.75) is 44.7 Å². The zero-order valence-corrected chi connectivity index (χ0v) is 11.1. The van der Waals surface area contributed by atoms with Gasteiger partial charge in [-0.1, -0.05) is 49.2 Å². The van der Waals surface area contributed by atoms with Crippen LogP contribution >= 0.6 is 0 Å². The van der Waals surface area contributed by atoms with Crippen LogP contribution < -0.4 is 5.32 Å². The molecule has 0 spiro atoms. The molecular formula is C17H21N. The Morgan fingerprint density at radius 2 is 1.72 bits per heavy atom. The molecule has 0 amide bonds. The first-order chi connectivity index (χ1) is 8.75. The molecule has 2 aromatic rings. The van der Waals surface area contributed by atoms with Gasteiger partial charge < -0.3 is 5.32 Å². The molecule has 1 aliphatic carbocycles. The van der Waals surface area contributed by atoms with Crippen molar-refractivity contribution in [2.75, 3.05) is 0 Å². The number of fused-ring (bicyclic) bond motifs is 1. The molecule has 0 atom stereocenters. The standard InChI is InChI=1S/C17H21N/c1-17(10-4-5-11-17)18-13-14-8-9-15-6-2-3-7-16(15)12-14/h2-3,6-9,12,18H,4-5,10-11,13H2,1H3. The summed E-state index contributed by atoms with van der Waals surface area (Å²) in [5.41, 5.74) is 1.76. The molecule has 0 unspecified atom stereocenters. The topological polar surface area (TPSA) is 12.0 Å². The van der Waals surface area contributed by atoms with E-state index in [-0.39, 0.29) is 0 Å². The lowest BCUT2D eigenvalue weighted by atomic mass is 10.00. The minimum Gasteiger partial charge on any atom is -0.307 e. The molecule has 0 bridgehead atoms. The zero-order chi connectivity index (χ0) is 12.4. The number of hydrogen-bond donors (Lipinski definition) is 1. The first-order valence-electron chi connectivity index (χ1n) is 6.98. The molecule has 0 aromatic heterocycles. The lowest BCUT2D eigenvalue weighted by Crippen LogP contribution is -2.38. The second-order valence-electron chi connectivity index (χ2n) is 5.80. The summed E-state index contributed by atoms with van der Waals surface area (Å²) in [6.07, 6.45) is 5.39. The summed E-state index contributed by atoms with van der Waals surface area (Å²) >= 11 is 0. The van der Waals surface area contributed by atoms with E-state index in [1.807, 2.05) is 0 Å². The van der Waals surface area contributed by atoms with Gasteiger partial charge in [0.1, 0.15) is 0 Å². The van der Waals surface area contributed by atoms with Crippen molar-refractivity contribution in [3.05, 3.63) is 48.0 Å². The van der Waals surface area contributed by atoms with Crippen LogP contribution in [0.5, 0.6) is 0 Å². The van der Waals surface area contributed by atoms with Gasteiger partial charge >= 0.3 is 0 Å². The third-order valence-electron chi connectivity index (χ3n) is 4.24. The fourth-order valence-electron chi connectivity index (χ4n) is 3.00. The average Bonchev–Trinajstić information content (AvgIpc) is 2.84. The SMILES string of the molecule is CC1(NCc2ccc3ccccc3c2)CCCC1. The van der Waals surface area contributed by atoms with Gasteiger partial charge in [-0.25, -0.2) is 0 Å². The molecular weight excluding hydrogens is 218 g/mol. The number of benzene rings is 2. The van der Waals surface area contributed by atoms with Crippen molar-refractivity contribution in [2.24, 2.45) is 0 Å². The van der Waals surface area contributed by atoms with Gasteiger partial charge in [0.05, 0.1) is 0 Å². The highest BCUT2D eigenvalue weighted by Gasteiger charge is 2.27. The van der Waals surface area contributed by atoms with Crippen molar-refractivity contribution in [3.8, 4) is 0 Å². The summed E-state index contributed by atoms with van der Waals surface area (Å²) in [6.45, 7) is 3.35. The Hall–Kier alpha value is -1.34. The Morgan fingerprint density at radius 1 is 1.00 bits per heavy atom. The van der Waals surface area contributed by atoms with Crippen LogP contribution in [0.2, 0.25) is 0 Å². The molecule has 0 aliphatic heterocycles. The molecule has 1 nitrogen and oxygen atoms in total. The third-order valence-corrected chi connectivity index (χ3v) is 4.24. The summed E-state index contributed by atoms with van der Waals surface area (Å²) in [4.78, 5) is 0. The highest BCUT2D eigenvalue weighted by molar-refractivity contribution is 5.82. The highest BCUT2D eigenvalue weighted by atomic mass is 15.0. The third kappa shape index (κ3) is 2.41. The number of hydrogen-bond acceptors (Lipinski definition) is 1. The summed E-state index contributed by atoms with van der Waals surface area (Å²) < 4.78 is 0. The van der Waals surface area contributed by atoms with E-state index >= 15 is 0 Å². The fraction of sp³-hybridized carbons (Fsp3) is 0.412. The first-order valence-corrected chi connectivity index (χ1v) is 6.98. The summed E-state index contributed by atoms with van der Waals surface area (Å²) in [5.74, 6) is 0. The van der Waals surface area contributed by atoms with Gasteiger partial charge in [-0.3, -0.25) is 0 Å². The van der Waals surface area contributed by atoms with Crippen LogP contribution in [0.3, 0.4) is 0 Å². The smallest absolute Gasteiger partial charge is 0.0210 e. The van der Waals surface area contributed by atoms with Crippen molar-refractivity contribution < 1.29 is 0 Å². The van der Waals surface area contributed by atoms with Crippen LogP contribution in [0.15, 0.2) is 42.5 Å². The average molecular weight is 239 g/mol. The van der Waals surface area contributed by atoms with Gasteiger partial charge in [-0.05, 0) is 42.2 Å². The Kier molecular flexibility index (Phi) is 3.09. The van der Waals surface area contributed by atoms with E-state index in [9.17, 15) is 0 Å². The molecule has 0 saturated heterocycles. The Morgan fingerprint density at radius 3 is 2.50 bits per heavy atom. The van der Waals surface area contributed by atoms with Crippen molar-refractivity contribution in [1.82, 2.24) is 5.32 Å². The molecule has 94 valence electrons. The van der Waals surface area contributed by atoms with Crippen molar-refractivity contribution >= 4 is 10.8 Å². The van der Waals surface area contributed by atoms with Gasteiger partial charge in [-0.2, -0.15) is 0 Å². The number of rotatable bonds is 3. The minimum absolute atomic E-state index is 0.367. The van der Waals surface area contributed by atoms with E-state index in [0.717, 1.165) is 6.54 Å². The molecule has 0 radical (unpaired) electrons. The Bertz CT molecular complexity index is 538. The van der Waals surface area contributed by atoms with Crippen molar-refractivity contribution in [1.29, 1.82) is 0 Å². The number of nitrogens with one attached hydrogen (secondary N) is 1. The molecule has 1 fully saturated rings. The van der Waals surface area contributed by atoms with E-state index in [0.29, 0.717) is 5.54 Å². The van der Waals surface area contributed by atoms with Gasteiger partial charge in [0.25, 0.3) is 0 Å². The minimum atomic E-state index is 0.367. The largest absolute Gasteiger partial charge is 0.307 e. The van der Waals surface area contributed by atoms with Gasteiger partial charge in [0, 0.05) is 12.1 Å². The van der Waals surface area contributed by atoms with Crippen LogP contribution in [0.4, 0.5) is 0 Å². The Labute approximate surface area is 109 Å². The molecule has 1 heteroatoms.